The maximum atomic E-state index is 5.89. The monoisotopic (exact) mass is 323 g/mol. The molecule has 23 heavy (non-hydrogen) atoms. The van der Waals surface area contributed by atoms with Crippen LogP contribution >= 0.6 is 11.9 Å². The van der Waals surface area contributed by atoms with Crippen LogP contribution in [0.4, 0.5) is 0 Å². The molecule has 0 saturated heterocycles. The summed E-state index contributed by atoms with van der Waals surface area (Å²) in [7, 11) is 0. The first-order valence-electron chi connectivity index (χ1n) is 7.31. The van der Waals surface area contributed by atoms with Gasteiger partial charge in [0.2, 0.25) is 0 Å². The van der Waals surface area contributed by atoms with E-state index < -0.39 is 6.41 Å². The van der Waals surface area contributed by atoms with Crippen LogP contribution in [-0.2, 0) is 0 Å². The molecular weight excluding hydrogens is 306 g/mol. The van der Waals surface area contributed by atoms with Crippen molar-refractivity contribution in [1.82, 2.24) is 4.72 Å². The lowest BCUT2D eigenvalue weighted by atomic mass is 10.3. The summed E-state index contributed by atoms with van der Waals surface area (Å²) in [6, 6.07) is 29.3. The largest absolute Gasteiger partial charge is 0.441 e. The lowest BCUT2D eigenvalue weighted by Crippen LogP contribution is -2.35. The van der Waals surface area contributed by atoms with Crippen molar-refractivity contribution in [3.8, 4) is 11.5 Å². The van der Waals surface area contributed by atoms with Crippen molar-refractivity contribution in [3.63, 3.8) is 0 Å². The number of nitrogens with one attached hydrogen (secondary N) is 1. The molecule has 116 valence electrons. The van der Waals surface area contributed by atoms with Crippen LogP contribution in [0.25, 0.3) is 0 Å². The van der Waals surface area contributed by atoms with Gasteiger partial charge >= 0.3 is 6.41 Å². The van der Waals surface area contributed by atoms with Gasteiger partial charge in [-0.25, -0.2) is 0 Å². The third kappa shape index (κ3) is 5.06. The second-order valence-electron chi connectivity index (χ2n) is 4.73. The Kier molecular flexibility index (Phi) is 5.56. The Morgan fingerprint density at radius 1 is 0.609 bits per heavy atom. The third-order valence-electron chi connectivity index (χ3n) is 2.99. The van der Waals surface area contributed by atoms with E-state index in [1.54, 1.807) is 0 Å². The maximum absolute atomic E-state index is 5.89. The van der Waals surface area contributed by atoms with Crippen molar-refractivity contribution >= 4 is 11.9 Å². The van der Waals surface area contributed by atoms with E-state index in [2.05, 4.69) is 4.72 Å². The molecule has 3 nitrogen and oxygen atoms in total. The fourth-order valence-corrected chi connectivity index (χ4v) is 2.54. The molecule has 0 spiro atoms. The van der Waals surface area contributed by atoms with E-state index in [4.69, 9.17) is 9.47 Å². The van der Waals surface area contributed by atoms with Gasteiger partial charge in [0.15, 0.2) is 0 Å². The lowest BCUT2D eigenvalue weighted by Gasteiger charge is -2.21. The number of benzene rings is 3. The van der Waals surface area contributed by atoms with Crippen molar-refractivity contribution in [2.45, 2.75) is 11.3 Å². The van der Waals surface area contributed by atoms with Gasteiger partial charge in [-0.05, 0) is 48.3 Å². The van der Waals surface area contributed by atoms with E-state index in [1.165, 1.54) is 11.9 Å². The Labute approximate surface area is 140 Å². The van der Waals surface area contributed by atoms with Crippen LogP contribution in [0.15, 0.2) is 95.9 Å². The number of para-hydroxylation sites is 2. The summed E-state index contributed by atoms with van der Waals surface area (Å²) in [5.41, 5.74) is 0. The first-order valence-corrected chi connectivity index (χ1v) is 8.13. The molecule has 0 heterocycles. The van der Waals surface area contributed by atoms with Crippen LogP contribution in [0.2, 0.25) is 0 Å². The predicted molar refractivity (Wildman–Crippen MR) is 93.4 cm³/mol. The summed E-state index contributed by atoms with van der Waals surface area (Å²) in [5.74, 6) is 1.49. The summed E-state index contributed by atoms with van der Waals surface area (Å²) < 4.78 is 15.0. The van der Waals surface area contributed by atoms with Crippen molar-refractivity contribution in [2.75, 3.05) is 0 Å². The van der Waals surface area contributed by atoms with E-state index in [-0.39, 0.29) is 0 Å². The fourth-order valence-electron chi connectivity index (χ4n) is 1.92. The predicted octanol–water partition coefficient (Wildman–Crippen LogP) is 4.72. The van der Waals surface area contributed by atoms with E-state index in [1.807, 2.05) is 91.0 Å². The van der Waals surface area contributed by atoms with Crippen LogP contribution in [0, 0.1) is 0 Å². The van der Waals surface area contributed by atoms with Crippen LogP contribution in [0.1, 0.15) is 0 Å². The van der Waals surface area contributed by atoms with Crippen LogP contribution in [-0.4, -0.2) is 6.41 Å². The molecule has 0 aliphatic carbocycles. The Bertz CT molecular complexity index is 651. The summed E-state index contributed by atoms with van der Waals surface area (Å²) in [6.07, 6.45) is -0.606. The first kappa shape index (κ1) is 15.5. The topological polar surface area (TPSA) is 30.5 Å². The molecule has 0 atom stereocenters. The van der Waals surface area contributed by atoms with Crippen LogP contribution < -0.4 is 14.2 Å². The average Bonchev–Trinajstić information content (AvgIpc) is 2.62. The molecule has 0 aromatic heterocycles. The average molecular weight is 323 g/mol. The summed E-state index contributed by atoms with van der Waals surface area (Å²) >= 11 is 1.47. The van der Waals surface area contributed by atoms with Gasteiger partial charge in [-0.3, -0.25) is 0 Å². The molecule has 0 amide bonds. The summed E-state index contributed by atoms with van der Waals surface area (Å²) in [6.45, 7) is 0. The molecule has 0 radical (unpaired) electrons. The zero-order valence-electron chi connectivity index (χ0n) is 12.5. The second-order valence-corrected chi connectivity index (χ2v) is 5.64. The van der Waals surface area contributed by atoms with Gasteiger partial charge < -0.3 is 9.47 Å². The first-order chi connectivity index (χ1) is 11.4. The van der Waals surface area contributed by atoms with Crippen LogP contribution in [0.5, 0.6) is 11.5 Å². The quantitative estimate of drug-likeness (QED) is 0.503. The van der Waals surface area contributed by atoms with Crippen molar-refractivity contribution in [1.29, 1.82) is 0 Å². The molecule has 0 bridgehead atoms. The molecule has 0 unspecified atom stereocenters. The number of ether oxygens (including phenoxy) is 2. The highest BCUT2D eigenvalue weighted by atomic mass is 32.2. The van der Waals surface area contributed by atoms with Crippen molar-refractivity contribution in [3.05, 3.63) is 91.0 Å². The van der Waals surface area contributed by atoms with E-state index in [0.29, 0.717) is 0 Å². The highest BCUT2D eigenvalue weighted by molar-refractivity contribution is 7.97. The van der Waals surface area contributed by atoms with Gasteiger partial charge in [0.05, 0.1) is 0 Å². The standard InChI is InChI=1S/C19H17NO2S/c1-4-10-16(11-5-1)21-19(22-17-12-6-2-7-13-17)20-23-18-14-8-3-9-15-18/h1-15,19-20H. The molecule has 0 saturated carbocycles. The van der Waals surface area contributed by atoms with Gasteiger partial charge in [0, 0.05) is 4.90 Å². The Hall–Kier alpha value is -2.43. The summed E-state index contributed by atoms with van der Waals surface area (Å²) in [5, 5.41) is 0. The molecule has 3 rings (SSSR count). The SMILES string of the molecule is c1ccc(OC(NSc2ccccc2)Oc2ccccc2)cc1. The molecule has 0 aliphatic rings. The highest BCUT2D eigenvalue weighted by Gasteiger charge is 2.12. The number of hydrogen-bond acceptors (Lipinski definition) is 4. The molecule has 4 heteroatoms. The van der Waals surface area contributed by atoms with Gasteiger partial charge in [0.25, 0.3) is 0 Å². The van der Waals surface area contributed by atoms with Crippen LogP contribution in [0.3, 0.4) is 0 Å². The van der Waals surface area contributed by atoms with E-state index >= 15 is 0 Å². The fraction of sp³-hybridized carbons (Fsp3) is 0.0526. The Morgan fingerprint density at radius 2 is 1.04 bits per heavy atom. The lowest BCUT2D eigenvalue weighted by molar-refractivity contribution is -0.000697. The molecule has 3 aromatic carbocycles. The normalized spacial score (nSPS) is 10.5. The number of hydrogen-bond donors (Lipinski definition) is 1. The second kappa shape index (κ2) is 8.27. The van der Waals surface area contributed by atoms with Gasteiger partial charge in [-0.15, -0.1) is 0 Å². The highest BCUT2D eigenvalue weighted by Crippen LogP contribution is 2.19. The molecule has 0 fully saturated rings. The molecule has 1 N–H and O–H groups in total. The van der Waals surface area contributed by atoms with Gasteiger partial charge in [-0.1, -0.05) is 54.6 Å². The van der Waals surface area contributed by atoms with E-state index in [0.717, 1.165) is 16.4 Å². The van der Waals surface area contributed by atoms with Crippen molar-refractivity contribution in [2.24, 2.45) is 0 Å². The zero-order chi connectivity index (χ0) is 15.7. The minimum Gasteiger partial charge on any atom is -0.441 e. The Balaban J connectivity index is 1.67. The molecule has 0 aliphatic heterocycles. The third-order valence-corrected chi connectivity index (χ3v) is 3.81. The minimum atomic E-state index is -0.606. The molecular formula is C19H17NO2S. The smallest absolute Gasteiger partial charge is 0.311 e. The van der Waals surface area contributed by atoms with Gasteiger partial charge in [-0.2, -0.15) is 4.72 Å². The van der Waals surface area contributed by atoms with Gasteiger partial charge in [0.1, 0.15) is 11.5 Å². The minimum absolute atomic E-state index is 0.606. The van der Waals surface area contributed by atoms with Crippen molar-refractivity contribution < 1.29 is 9.47 Å². The zero-order valence-corrected chi connectivity index (χ0v) is 13.3. The van der Waals surface area contributed by atoms with E-state index in [9.17, 15) is 0 Å². The Morgan fingerprint density at radius 3 is 1.52 bits per heavy atom. The number of rotatable bonds is 7. The molecule has 3 aromatic rings. The maximum Gasteiger partial charge on any atom is 0.311 e. The summed E-state index contributed by atoms with van der Waals surface area (Å²) in [4.78, 5) is 1.09.